The molecule has 0 aliphatic heterocycles. The van der Waals surface area contributed by atoms with Crippen molar-refractivity contribution in [3.63, 3.8) is 0 Å². The molecule has 0 aliphatic rings. The van der Waals surface area contributed by atoms with Crippen molar-refractivity contribution in [1.29, 1.82) is 0 Å². The molecule has 7 nitrogen and oxygen atoms in total. The van der Waals surface area contributed by atoms with Crippen LogP contribution in [0.15, 0.2) is 91.0 Å². The zero-order valence-electron chi connectivity index (χ0n) is 18.6. The fourth-order valence-corrected chi connectivity index (χ4v) is 2.55. The maximum atomic E-state index is 8.55. The van der Waals surface area contributed by atoms with E-state index in [1.165, 1.54) is 16.7 Å². The number of rotatable bonds is 6. The minimum Gasteiger partial charge on any atom is -0.822 e. The third-order valence-electron chi connectivity index (χ3n) is 3.92. The van der Waals surface area contributed by atoms with Gasteiger partial charge in [-0.3, -0.25) is 0 Å². The molecule has 0 unspecified atom stereocenters. The molecule has 0 aliphatic carbocycles. The van der Waals surface area contributed by atoms with E-state index < -0.39 is 7.82 Å². The minimum absolute atomic E-state index is 0.990. The van der Waals surface area contributed by atoms with Crippen molar-refractivity contribution >= 4 is 7.82 Å². The van der Waals surface area contributed by atoms with E-state index in [-0.39, 0.29) is 0 Å². The van der Waals surface area contributed by atoms with Crippen molar-refractivity contribution in [1.82, 2.24) is 0 Å². The zero-order chi connectivity index (χ0) is 24.1. The van der Waals surface area contributed by atoms with Crippen LogP contribution < -0.4 is 31.9 Å². The Balaban J connectivity index is 0.000000410. The smallest absolute Gasteiger partial charge is 0.0780 e. The van der Waals surface area contributed by atoms with Crippen LogP contribution in [0.4, 0.5) is 0 Å². The van der Waals surface area contributed by atoms with Gasteiger partial charge in [0.2, 0.25) is 0 Å². The number of hydrogen-bond acceptors (Lipinski definition) is 4. The average Bonchev–Trinajstić information content (AvgIpc) is 2.77. The normalized spacial score (nSPS) is 9.81. The predicted molar refractivity (Wildman–Crippen MR) is 121 cm³/mol. The molecule has 0 saturated carbocycles. The topological polar surface area (TPSA) is 169 Å². The molecule has 3 rings (SSSR count). The standard InChI is InChI=1S/3C8H11N.H3O4P/c3*9-7-6-8-4-2-1-3-5-8;1-5(2,3)4/h3*1-5H,6-7,9H2;(H3,1,2,3,4). The van der Waals surface area contributed by atoms with Crippen LogP contribution in [0.5, 0.6) is 0 Å². The Hall–Kier alpha value is -2.35. The van der Waals surface area contributed by atoms with Crippen molar-refractivity contribution in [2.75, 3.05) is 19.6 Å². The predicted octanol–water partition coefficient (Wildman–Crippen LogP) is -1.41. The van der Waals surface area contributed by atoms with Gasteiger partial charge in [0.25, 0.3) is 0 Å². The van der Waals surface area contributed by atoms with Gasteiger partial charge < -0.3 is 36.4 Å². The highest BCUT2D eigenvalue weighted by Gasteiger charge is 1.88. The first-order valence-corrected chi connectivity index (χ1v) is 12.0. The van der Waals surface area contributed by atoms with Gasteiger partial charge >= 0.3 is 0 Å². The summed E-state index contributed by atoms with van der Waals surface area (Å²) in [5.74, 6) is 0. The second-order valence-corrected chi connectivity index (χ2v) is 7.61. The number of hydrogen-bond donors (Lipinski definition) is 3. The molecule has 0 bridgehead atoms. The first-order valence-electron chi connectivity index (χ1n) is 10.5. The van der Waals surface area contributed by atoms with Gasteiger partial charge in [0.05, 0.1) is 19.6 Å². The van der Waals surface area contributed by atoms with E-state index >= 15 is 0 Å². The van der Waals surface area contributed by atoms with E-state index in [4.69, 9.17) is 19.2 Å². The number of quaternary nitrogens is 3. The van der Waals surface area contributed by atoms with E-state index in [2.05, 4.69) is 90.0 Å². The molecular formula is C24H36N3O4P. The van der Waals surface area contributed by atoms with Crippen LogP contribution in [0.1, 0.15) is 16.7 Å². The third-order valence-corrected chi connectivity index (χ3v) is 3.92. The lowest BCUT2D eigenvalue weighted by atomic mass is 10.2. The van der Waals surface area contributed by atoms with E-state index in [9.17, 15) is 0 Å². The third kappa shape index (κ3) is 20.9. The Morgan fingerprint density at radius 1 is 0.500 bits per heavy atom. The lowest BCUT2D eigenvalue weighted by molar-refractivity contribution is -0.432. The van der Waals surface area contributed by atoms with Crippen LogP contribution in [0, 0.1) is 0 Å². The van der Waals surface area contributed by atoms with Gasteiger partial charge in [0.15, 0.2) is 0 Å². The Bertz CT molecular complexity index is 725. The van der Waals surface area contributed by atoms with E-state index in [1.54, 1.807) is 0 Å². The van der Waals surface area contributed by atoms with E-state index in [0.717, 1.165) is 38.9 Å². The molecular weight excluding hydrogens is 425 g/mol. The van der Waals surface area contributed by atoms with Crippen LogP contribution in [0.3, 0.4) is 0 Å². The van der Waals surface area contributed by atoms with Gasteiger partial charge in [0.1, 0.15) is 0 Å². The summed E-state index contributed by atoms with van der Waals surface area (Å²) < 4.78 is 8.55. The molecule has 0 amide bonds. The first kappa shape index (κ1) is 29.7. The number of phosphoric acid groups is 1. The molecule has 0 radical (unpaired) electrons. The summed E-state index contributed by atoms with van der Waals surface area (Å²) >= 11 is 0. The van der Waals surface area contributed by atoms with Gasteiger partial charge in [0, 0.05) is 19.3 Å². The fraction of sp³-hybridized carbons (Fsp3) is 0.250. The fourth-order valence-electron chi connectivity index (χ4n) is 2.55. The molecule has 0 fully saturated rings. The molecule has 8 heteroatoms. The molecule has 176 valence electrons. The summed E-state index contributed by atoms with van der Waals surface area (Å²) in [6, 6.07) is 31.2. The maximum absolute atomic E-state index is 8.55. The first-order chi connectivity index (χ1) is 15.3. The monoisotopic (exact) mass is 461 g/mol. The summed E-state index contributed by atoms with van der Waals surface area (Å²) in [5, 5.41) is 0. The van der Waals surface area contributed by atoms with Crippen LogP contribution >= 0.6 is 7.82 Å². The summed E-state index contributed by atoms with van der Waals surface area (Å²) in [4.78, 5) is 25.6. The second-order valence-electron chi connectivity index (χ2n) is 6.71. The van der Waals surface area contributed by atoms with Crippen LogP contribution in [-0.2, 0) is 23.8 Å². The molecule has 0 heterocycles. The summed E-state index contributed by atoms with van der Waals surface area (Å²) in [7, 11) is -5.39. The molecule has 0 aromatic heterocycles. The Labute approximate surface area is 191 Å². The molecule has 0 spiro atoms. The molecule has 3 aromatic rings. The van der Waals surface area contributed by atoms with E-state index in [0.29, 0.717) is 0 Å². The SMILES string of the molecule is O=P([O-])([O-])[O-].[NH3+]CCc1ccccc1.[NH3+]CCc1ccccc1.[NH3+]CCc1ccccc1. The highest BCUT2D eigenvalue weighted by atomic mass is 31.2. The lowest BCUT2D eigenvalue weighted by Crippen LogP contribution is -2.51. The van der Waals surface area contributed by atoms with Gasteiger partial charge in [-0.25, -0.2) is 0 Å². The highest BCUT2D eigenvalue weighted by molar-refractivity contribution is 7.40. The molecule has 0 saturated heterocycles. The molecule has 9 N–H and O–H groups in total. The van der Waals surface area contributed by atoms with Crippen LogP contribution in [0.2, 0.25) is 0 Å². The van der Waals surface area contributed by atoms with Crippen molar-refractivity contribution < 1.29 is 36.4 Å². The van der Waals surface area contributed by atoms with Gasteiger partial charge in [-0.2, -0.15) is 7.82 Å². The molecule has 32 heavy (non-hydrogen) atoms. The van der Waals surface area contributed by atoms with Gasteiger partial charge in [-0.15, -0.1) is 0 Å². The van der Waals surface area contributed by atoms with Crippen molar-refractivity contribution in [3.8, 4) is 0 Å². The quantitative estimate of drug-likeness (QED) is 0.383. The van der Waals surface area contributed by atoms with Crippen molar-refractivity contribution in [3.05, 3.63) is 108 Å². The Kier molecular flexibility index (Phi) is 17.9. The van der Waals surface area contributed by atoms with E-state index in [1.807, 2.05) is 18.2 Å². The molecule has 0 atom stereocenters. The Morgan fingerprint density at radius 3 is 0.844 bits per heavy atom. The average molecular weight is 462 g/mol. The minimum atomic E-state index is -5.39. The van der Waals surface area contributed by atoms with Crippen LogP contribution in [0.25, 0.3) is 0 Å². The maximum Gasteiger partial charge on any atom is 0.0780 e. The summed E-state index contributed by atoms with van der Waals surface area (Å²) in [6.45, 7) is 2.97. The summed E-state index contributed by atoms with van der Waals surface area (Å²) in [5.41, 5.74) is 15.5. The highest BCUT2D eigenvalue weighted by Crippen LogP contribution is 2.03. The largest absolute Gasteiger partial charge is 0.822 e. The van der Waals surface area contributed by atoms with Crippen molar-refractivity contribution in [2.24, 2.45) is 0 Å². The summed E-state index contributed by atoms with van der Waals surface area (Å²) in [6.07, 6.45) is 3.29. The van der Waals surface area contributed by atoms with Crippen molar-refractivity contribution in [2.45, 2.75) is 19.3 Å². The van der Waals surface area contributed by atoms with Gasteiger partial charge in [-0.05, 0) is 16.7 Å². The lowest BCUT2D eigenvalue weighted by Gasteiger charge is -2.36. The zero-order valence-corrected chi connectivity index (χ0v) is 19.5. The number of benzene rings is 3. The second kappa shape index (κ2) is 19.3. The van der Waals surface area contributed by atoms with Crippen LogP contribution in [-0.4, -0.2) is 19.6 Å². The van der Waals surface area contributed by atoms with Gasteiger partial charge in [-0.1, -0.05) is 91.0 Å². The molecule has 3 aromatic carbocycles. The Morgan fingerprint density at radius 2 is 0.688 bits per heavy atom.